The maximum Gasteiger partial charge on any atom is 0.410 e. The van der Waals surface area contributed by atoms with Crippen LogP contribution in [0.25, 0.3) is 0 Å². The Morgan fingerprint density at radius 2 is 2.07 bits per heavy atom. The fourth-order valence-corrected chi connectivity index (χ4v) is 1.64. The summed E-state index contributed by atoms with van der Waals surface area (Å²) in [5, 5.41) is 0. The van der Waals surface area contributed by atoms with E-state index in [-0.39, 0.29) is 12.1 Å². The predicted molar refractivity (Wildman–Crippen MR) is 53.4 cm³/mol. The van der Waals surface area contributed by atoms with Gasteiger partial charge in [0.1, 0.15) is 6.04 Å². The van der Waals surface area contributed by atoms with E-state index in [0.29, 0.717) is 13.0 Å². The number of nitrogens with zero attached hydrogens (tertiary/aromatic N) is 1. The summed E-state index contributed by atoms with van der Waals surface area (Å²) < 4.78 is 9.67. The van der Waals surface area contributed by atoms with Crippen LogP contribution < -0.4 is 0 Å². The number of likely N-dealkylation sites (tertiary alicyclic amines) is 1. The van der Waals surface area contributed by atoms with Crippen molar-refractivity contribution in [2.24, 2.45) is 0 Å². The molecule has 1 amide bonds. The summed E-state index contributed by atoms with van der Waals surface area (Å²) in [6.45, 7) is 4.12. The number of methoxy groups -OCH3 is 1. The van der Waals surface area contributed by atoms with Gasteiger partial charge in [-0.05, 0) is 26.7 Å². The van der Waals surface area contributed by atoms with Crippen LogP contribution in [-0.2, 0) is 14.3 Å². The van der Waals surface area contributed by atoms with Crippen molar-refractivity contribution in [3.8, 4) is 0 Å². The standard InChI is InChI=1S/C10H17NO4/c1-7(2)15-10(13)11-6-4-5-8(11)9(12)14-3/h7-8H,4-6H2,1-3H3. The molecule has 0 spiro atoms. The highest BCUT2D eigenvalue weighted by molar-refractivity contribution is 5.82. The Hall–Kier alpha value is -1.26. The second-order valence-electron chi connectivity index (χ2n) is 3.81. The van der Waals surface area contributed by atoms with Gasteiger partial charge in [0.25, 0.3) is 0 Å². The normalized spacial score (nSPS) is 20.5. The van der Waals surface area contributed by atoms with Crippen molar-refractivity contribution in [3.05, 3.63) is 0 Å². The molecule has 0 saturated carbocycles. The summed E-state index contributed by atoms with van der Waals surface area (Å²) in [5.74, 6) is -0.367. The highest BCUT2D eigenvalue weighted by Crippen LogP contribution is 2.19. The molecule has 0 aromatic heterocycles. The molecule has 1 fully saturated rings. The summed E-state index contributed by atoms with van der Waals surface area (Å²) in [5.41, 5.74) is 0. The van der Waals surface area contributed by atoms with Crippen molar-refractivity contribution in [1.29, 1.82) is 0 Å². The summed E-state index contributed by atoms with van der Waals surface area (Å²) in [7, 11) is 1.33. The molecule has 1 rings (SSSR count). The molecule has 5 nitrogen and oxygen atoms in total. The Bertz CT molecular complexity index is 252. The molecule has 5 heteroatoms. The number of esters is 1. The second-order valence-corrected chi connectivity index (χ2v) is 3.81. The zero-order valence-corrected chi connectivity index (χ0v) is 9.36. The van der Waals surface area contributed by atoms with Crippen LogP contribution in [0.4, 0.5) is 4.79 Å². The van der Waals surface area contributed by atoms with Gasteiger partial charge in [0.15, 0.2) is 0 Å². The molecular weight excluding hydrogens is 198 g/mol. The molecule has 0 aromatic carbocycles. The lowest BCUT2D eigenvalue weighted by Crippen LogP contribution is -2.42. The van der Waals surface area contributed by atoms with E-state index in [0.717, 1.165) is 6.42 Å². The van der Waals surface area contributed by atoms with Gasteiger partial charge in [-0.3, -0.25) is 4.90 Å². The Labute approximate surface area is 89.3 Å². The molecule has 1 heterocycles. The molecule has 0 bridgehead atoms. The monoisotopic (exact) mass is 215 g/mol. The van der Waals surface area contributed by atoms with Gasteiger partial charge in [0.05, 0.1) is 13.2 Å². The third-order valence-electron chi connectivity index (χ3n) is 2.30. The van der Waals surface area contributed by atoms with Gasteiger partial charge in [0, 0.05) is 6.54 Å². The molecule has 1 aliphatic heterocycles. The van der Waals surface area contributed by atoms with Crippen molar-refractivity contribution in [2.75, 3.05) is 13.7 Å². The third kappa shape index (κ3) is 2.84. The number of hydrogen-bond acceptors (Lipinski definition) is 4. The molecule has 0 N–H and O–H groups in total. The molecule has 0 aromatic rings. The first-order valence-electron chi connectivity index (χ1n) is 5.11. The first-order valence-corrected chi connectivity index (χ1v) is 5.11. The van der Waals surface area contributed by atoms with E-state index in [1.807, 2.05) is 0 Å². The Balaban J connectivity index is 2.60. The largest absolute Gasteiger partial charge is 0.467 e. The number of hydrogen-bond donors (Lipinski definition) is 0. The third-order valence-corrected chi connectivity index (χ3v) is 2.30. The van der Waals surface area contributed by atoms with Crippen LogP contribution in [0.1, 0.15) is 26.7 Å². The molecule has 86 valence electrons. The summed E-state index contributed by atoms with van der Waals surface area (Å²) in [4.78, 5) is 24.4. The van der Waals surface area contributed by atoms with E-state index in [1.165, 1.54) is 12.0 Å². The molecule has 1 aliphatic rings. The summed E-state index contributed by atoms with van der Waals surface area (Å²) in [6.07, 6.45) is 0.863. The van der Waals surface area contributed by atoms with Crippen LogP contribution in [0.5, 0.6) is 0 Å². The molecule has 0 radical (unpaired) electrons. The van der Waals surface area contributed by atoms with E-state index in [4.69, 9.17) is 4.74 Å². The first-order chi connectivity index (χ1) is 7.06. The lowest BCUT2D eigenvalue weighted by molar-refractivity contribution is -0.145. The first kappa shape index (κ1) is 11.8. The quantitative estimate of drug-likeness (QED) is 0.649. The van der Waals surface area contributed by atoms with Gasteiger partial charge < -0.3 is 9.47 Å². The SMILES string of the molecule is COC(=O)C1CCCN1C(=O)OC(C)C. The Morgan fingerprint density at radius 1 is 1.40 bits per heavy atom. The van der Waals surface area contributed by atoms with E-state index in [9.17, 15) is 9.59 Å². The van der Waals surface area contributed by atoms with Crippen molar-refractivity contribution in [3.63, 3.8) is 0 Å². The fourth-order valence-electron chi connectivity index (χ4n) is 1.64. The average Bonchev–Trinajstić information content (AvgIpc) is 2.63. The molecule has 15 heavy (non-hydrogen) atoms. The van der Waals surface area contributed by atoms with Gasteiger partial charge in [0.2, 0.25) is 0 Å². The molecule has 1 saturated heterocycles. The van der Waals surface area contributed by atoms with Crippen molar-refractivity contribution in [2.45, 2.75) is 38.8 Å². The lowest BCUT2D eigenvalue weighted by Gasteiger charge is -2.23. The predicted octanol–water partition coefficient (Wildman–Crippen LogP) is 1.17. The number of ether oxygens (including phenoxy) is 2. The molecule has 1 unspecified atom stereocenters. The van der Waals surface area contributed by atoms with Gasteiger partial charge >= 0.3 is 12.1 Å². The van der Waals surface area contributed by atoms with Crippen LogP contribution in [0.3, 0.4) is 0 Å². The summed E-state index contributed by atoms with van der Waals surface area (Å²) >= 11 is 0. The van der Waals surface area contributed by atoms with Crippen LogP contribution in [0.15, 0.2) is 0 Å². The minimum absolute atomic E-state index is 0.170. The zero-order chi connectivity index (χ0) is 11.4. The van der Waals surface area contributed by atoms with Crippen molar-refractivity contribution >= 4 is 12.1 Å². The highest BCUT2D eigenvalue weighted by Gasteiger charge is 2.35. The Morgan fingerprint density at radius 3 is 2.60 bits per heavy atom. The van der Waals surface area contributed by atoms with E-state index >= 15 is 0 Å². The topological polar surface area (TPSA) is 55.8 Å². The number of carbonyl (C=O) groups is 2. The van der Waals surface area contributed by atoms with Gasteiger partial charge in [-0.25, -0.2) is 9.59 Å². The highest BCUT2D eigenvalue weighted by atomic mass is 16.6. The molecular formula is C10H17NO4. The van der Waals surface area contributed by atoms with Crippen molar-refractivity contribution in [1.82, 2.24) is 4.90 Å². The van der Waals surface area contributed by atoms with Gasteiger partial charge in [-0.2, -0.15) is 0 Å². The average molecular weight is 215 g/mol. The molecule has 1 atom stereocenters. The second kappa shape index (κ2) is 5.00. The van der Waals surface area contributed by atoms with Crippen LogP contribution >= 0.6 is 0 Å². The van der Waals surface area contributed by atoms with E-state index in [1.54, 1.807) is 13.8 Å². The number of carbonyl (C=O) groups excluding carboxylic acids is 2. The van der Waals surface area contributed by atoms with E-state index < -0.39 is 12.1 Å². The minimum atomic E-state index is -0.471. The van der Waals surface area contributed by atoms with Gasteiger partial charge in [-0.1, -0.05) is 0 Å². The maximum atomic E-state index is 11.6. The Kier molecular flexibility index (Phi) is 3.94. The number of rotatable bonds is 2. The maximum absolute atomic E-state index is 11.6. The minimum Gasteiger partial charge on any atom is -0.467 e. The zero-order valence-electron chi connectivity index (χ0n) is 9.36. The van der Waals surface area contributed by atoms with E-state index in [2.05, 4.69) is 4.74 Å². The molecule has 0 aliphatic carbocycles. The van der Waals surface area contributed by atoms with Crippen LogP contribution in [0, 0.1) is 0 Å². The number of amides is 1. The fraction of sp³-hybridized carbons (Fsp3) is 0.800. The smallest absolute Gasteiger partial charge is 0.410 e. The van der Waals surface area contributed by atoms with Crippen molar-refractivity contribution < 1.29 is 19.1 Å². The van der Waals surface area contributed by atoms with Crippen LogP contribution in [-0.4, -0.2) is 42.8 Å². The summed E-state index contributed by atoms with van der Waals surface area (Å²) in [6, 6.07) is -0.471. The lowest BCUT2D eigenvalue weighted by atomic mass is 10.2. The van der Waals surface area contributed by atoms with Crippen LogP contribution in [0.2, 0.25) is 0 Å². The van der Waals surface area contributed by atoms with Gasteiger partial charge in [-0.15, -0.1) is 0 Å².